The van der Waals surface area contributed by atoms with Crippen LogP contribution in [0.2, 0.25) is 0 Å². The van der Waals surface area contributed by atoms with Gasteiger partial charge in [-0.25, -0.2) is 13.8 Å². The van der Waals surface area contributed by atoms with Gasteiger partial charge in [0.25, 0.3) is 5.91 Å². The summed E-state index contributed by atoms with van der Waals surface area (Å²) in [6.45, 7) is 4.13. The fourth-order valence-electron chi connectivity index (χ4n) is 2.90. The van der Waals surface area contributed by atoms with Crippen LogP contribution in [-0.4, -0.2) is 26.4 Å². The number of aryl methyl sites for hydroxylation is 1. The maximum Gasteiger partial charge on any atom is 0.274 e. The van der Waals surface area contributed by atoms with Gasteiger partial charge in [0.15, 0.2) is 0 Å². The first-order valence-corrected chi connectivity index (χ1v) is 8.68. The highest BCUT2D eigenvalue weighted by Gasteiger charge is 2.21. The zero-order valence-electron chi connectivity index (χ0n) is 15.5. The molecular weight excluding hydrogens is 348 g/mol. The molecule has 27 heavy (non-hydrogen) atoms. The van der Waals surface area contributed by atoms with E-state index in [-0.39, 0.29) is 11.9 Å². The molecule has 0 unspecified atom stereocenters. The molecule has 2 aromatic carbocycles. The average molecular weight is 369 g/mol. The summed E-state index contributed by atoms with van der Waals surface area (Å²) < 4.78 is 29.5. The fraction of sp³-hybridized carbons (Fsp3) is 0.238. The molecule has 0 bridgehead atoms. The van der Waals surface area contributed by atoms with Crippen LogP contribution in [0.5, 0.6) is 0 Å². The second-order valence-electron chi connectivity index (χ2n) is 6.78. The molecule has 0 radical (unpaired) electrons. The standard InChI is InChI=1S/C21H21F2N3O/c1-14(2)26(21(27)20-12-25(3)13-24-20)11-15-7-8-19(23)18(9-15)16-5-4-6-17(22)10-16/h4-10,12-14H,11H2,1-3H3. The number of imidazole rings is 1. The van der Waals surface area contributed by atoms with Gasteiger partial charge in [0.05, 0.1) is 6.33 Å². The zero-order valence-corrected chi connectivity index (χ0v) is 15.5. The van der Waals surface area contributed by atoms with Crippen LogP contribution < -0.4 is 0 Å². The Balaban J connectivity index is 1.91. The third-order valence-corrected chi connectivity index (χ3v) is 4.33. The van der Waals surface area contributed by atoms with Gasteiger partial charge in [0.2, 0.25) is 0 Å². The molecule has 0 fully saturated rings. The Bertz CT molecular complexity index is 966. The van der Waals surface area contributed by atoms with E-state index in [4.69, 9.17) is 0 Å². The first kappa shape index (κ1) is 18.8. The number of halogens is 2. The quantitative estimate of drug-likeness (QED) is 0.668. The van der Waals surface area contributed by atoms with E-state index in [0.29, 0.717) is 23.4 Å². The molecule has 1 amide bonds. The summed E-state index contributed by atoms with van der Waals surface area (Å²) in [5.74, 6) is -1.05. The van der Waals surface area contributed by atoms with E-state index in [1.807, 2.05) is 13.8 Å². The van der Waals surface area contributed by atoms with E-state index in [1.54, 1.807) is 53.3 Å². The smallest absolute Gasteiger partial charge is 0.274 e. The van der Waals surface area contributed by atoms with Gasteiger partial charge in [-0.15, -0.1) is 0 Å². The van der Waals surface area contributed by atoms with Crippen LogP contribution in [0.3, 0.4) is 0 Å². The summed E-state index contributed by atoms with van der Waals surface area (Å²) in [5.41, 5.74) is 1.88. The Morgan fingerprint density at radius 2 is 1.96 bits per heavy atom. The first-order valence-electron chi connectivity index (χ1n) is 8.68. The van der Waals surface area contributed by atoms with Gasteiger partial charge in [0, 0.05) is 31.4 Å². The Labute approximate surface area is 157 Å². The van der Waals surface area contributed by atoms with Crippen molar-refractivity contribution < 1.29 is 13.6 Å². The lowest BCUT2D eigenvalue weighted by Crippen LogP contribution is -2.36. The first-order chi connectivity index (χ1) is 12.8. The third kappa shape index (κ3) is 4.22. The lowest BCUT2D eigenvalue weighted by molar-refractivity contribution is 0.0684. The SMILES string of the molecule is CC(C)N(Cc1ccc(F)c(-c2cccc(F)c2)c1)C(=O)c1cn(C)cn1. The molecule has 0 aliphatic carbocycles. The molecule has 6 heteroatoms. The largest absolute Gasteiger partial charge is 0.340 e. The van der Waals surface area contributed by atoms with Gasteiger partial charge in [0.1, 0.15) is 17.3 Å². The minimum Gasteiger partial charge on any atom is -0.340 e. The molecule has 3 rings (SSSR count). The van der Waals surface area contributed by atoms with Crippen LogP contribution in [0.15, 0.2) is 55.0 Å². The summed E-state index contributed by atoms with van der Waals surface area (Å²) in [5, 5.41) is 0. The van der Waals surface area contributed by atoms with Crippen LogP contribution in [0.4, 0.5) is 8.78 Å². The minimum absolute atomic E-state index is 0.0674. The molecular formula is C21H21F2N3O. The lowest BCUT2D eigenvalue weighted by atomic mass is 10.0. The normalized spacial score (nSPS) is 11.0. The predicted molar refractivity (Wildman–Crippen MR) is 100 cm³/mol. The molecule has 1 aromatic heterocycles. The summed E-state index contributed by atoms with van der Waals surface area (Å²) >= 11 is 0. The third-order valence-electron chi connectivity index (χ3n) is 4.33. The minimum atomic E-state index is -0.434. The summed E-state index contributed by atoms with van der Waals surface area (Å²) in [7, 11) is 1.80. The van der Waals surface area contributed by atoms with Crippen LogP contribution >= 0.6 is 0 Å². The van der Waals surface area contributed by atoms with Crippen molar-refractivity contribution in [3.63, 3.8) is 0 Å². The number of amides is 1. The van der Waals surface area contributed by atoms with Crippen molar-refractivity contribution in [3.05, 3.63) is 77.9 Å². The van der Waals surface area contributed by atoms with Gasteiger partial charge in [-0.3, -0.25) is 4.79 Å². The number of aromatic nitrogens is 2. The molecule has 0 saturated carbocycles. The highest BCUT2D eigenvalue weighted by atomic mass is 19.1. The van der Waals surface area contributed by atoms with E-state index in [9.17, 15) is 13.6 Å². The molecule has 4 nitrogen and oxygen atoms in total. The topological polar surface area (TPSA) is 38.1 Å². The molecule has 3 aromatic rings. The highest BCUT2D eigenvalue weighted by Crippen LogP contribution is 2.26. The van der Waals surface area contributed by atoms with Gasteiger partial charge >= 0.3 is 0 Å². The molecule has 0 saturated heterocycles. The van der Waals surface area contributed by atoms with Gasteiger partial charge in [-0.2, -0.15) is 0 Å². The lowest BCUT2D eigenvalue weighted by Gasteiger charge is -2.26. The molecule has 0 atom stereocenters. The van der Waals surface area contributed by atoms with E-state index in [2.05, 4.69) is 4.98 Å². The van der Waals surface area contributed by atoms with Gasteiger partial charge in [-0.1, -0.05) is 18.2 Å². The second kappa shape index (κ2) is 7.70. The van der Waals surface area contributed by atoms with Crippen molar-refractivity contribution >= 4 is 5.91 Å². The summed E-state index contributed by atoms with van der Waals surface area (Å²) in [6.07, 6.45) is 3.24. The van der Waals surface area contributed by atoms with Crippen molar-refractivity contribution in [2.75, 3.05) is 0 Å². The summed E-state index contributed by atoms with van der Waals surface area (Å²) in [4.78, 5) is 18.6. The van der Waals surface area contributed by atoms with Crippen molar-refractivity contribution in [2.24, 2.45) is 7.05 Å². The van der Waals surface area contributed by atoms with Crippen LogP contribution in [-0.2, 0) is 13.6 Å². The molecule has 0 aliphatic heterocycles. The van der Waals surface area contributed by atoms with Gasteiger partial charge < -0.3 is 9.47 Å². The average Bonchev–Trinajstić information content (AvgIpc) is 3.06. The van der Waals surface area contributed by atoms with Crippen molar-refractivity contribution in [1.29, 1.82) is 0 Å². The Hall–Kier alpha value is -3.02. The maximum atomic E-state index is 14.3. The number of hydrogen-bond donors (Lipinski definition) is 0. The van der Waals surface area contributed by atoms with Crippen LogP contribution in [0.1, 0.15) is 29.9 Å². The highest BCUT2D eigenvalue weighted by molar-refractivity contribution is 5.92. The van der Waals surface area contributed by atoms with Crippen molar-refractivity contribution in [2.45, 2.75) is 26.4 Å². The molecule has 0 spiro atoms. The second-order valence-corrected chi connectivity index (χ2v) is 6.78. The number of hydrogen-bond acceptors (Lipinski definition) is 2. The van der Waals surface area contributed by atoms with Crippen LogP contribution in [0, 0.1) is 11.6 Å². The van der Waals surface area contributed by atoms with Crippen LogP contribution in [0.25, 0.3) is 11.1 Å². The van der Waals surface area contributed by atoms with Crippen molar-refractivity contribution in [3.8, 4) is 11.1 Å². The molecule has 1 heterocycles. The monoisotopic (exact) mass is 369 g/mol. The molecule has 0 aliphatic rings. The van der Waals surface area contributed by atoms with E-state index >= 15 is 0 Å². The van der Waals surface area contributed by atoms with E-state index < -0.39 is 11.6 Å². The number of rotatable bonds is 5. The Morgan fingerprint density at radius 1 is 1.19 bits per heavy atom. The van der Waals surface area contributed by atoms with E-state index in [0.717, 1.165) is 5.56 Å². The number of nitrogens with zero attached hydrogens (tertiary/aromatic N) is 3. The number of carbonyl (C=O) groups is 1. The predicted octanol–water partition coefficient (Wildman–Crippen LogP) is 4.42. The Morgan fingerprint density at radius 3 is 2.59 bits per heavy atom. The molecule has 0 N–H and O–H groups in total. The fourth-order valence-corrected chi connectivity index (χ4v) is 2.90. The Kier molecular flexibility index (Phi) is 5.35. The summed E-state index contributed by atoms with van der Waals surface area (Å²) in [6, 6.07) is 10.4. The van der Waals surface area contributed by atoms with E-state index in [1.165, 1.54) is 18.2 Å². The number of benzene rings is 2. The maximum absolute atomic E-state index is 14.3. The molecule has 140 valence electrons. The number of carbonyl (C=O) groups excluding carboxylic acids is 1. The van der Waals surface area contributed by atoms with Crippen molar-refractivity contribution in [1.82, 2.24) is 14.5 Å². The van der Waals surface area contributed by atoms with Gasteiger partial charge in [-0.05, 0) is 49.2 Å². The zero-order chi connectivity index (χ0) is 19.6.